The van der Waals surface area contributed by atoms with E-state index in [1.807, 2.05) is 20.8 Å². The minimum atomic E-state index is -0.714. The van der Waals surface area contributed by atoms with Gasteiger partial charge in [-0.2, -0.15) is 0 Å². The topological polar surface area (TPSA) is 87.2 Å². The second-order valence-corrected chi connectivity index (χ2v) is 10.7. The maximum Gasteiger partial charge on any atom is 0.310 e. The van der Waals surface area contributed by atoms with Crippen LogP contribution in [0.25, 0.3) is 0 Å². The van der Waals surface area contributed by atoms with Gasteiger partial charge in [0.2, 0.25) is 11.8 Å². The molecule has 174 valence electrons. The first kappa shape index (κ1) is 24.1. The summed E-state index contributed by atoms with van der Waals surface area (Å²) in [4.78, 5) is 44.1. The molecule has 0 aromatic heterocycles. The van der Waals surface area contributed by atoms with Crippen molar-refractivity contribution in [2.45, 2.75) is 75.6 Å². The minimum absolute atomic E-state index is 0.0263. The van der Waals surface area contributed by atoms with Crippen molar-refractivity contribution in [1.29, 1.82) is 0 Å². The number of amides is 2. The van der Waals surface area contributed by atoms with E-state index in [2.05, 4.69) is 13.5 Å². The minimum Gasteiger partial charge on any atom is -0.466 e. The lowest BCUT2D eigenvalue weighted by Gasteiger charge is -2.42. The van der Waals surface area contributed by atoms with Crippen molar-refractivity contribution in [2.75, 3.05) is 19.8 Å². The number of thioether (sulfide) groups is 1. The molecule has 7 atom stereocenters. The Morgan fingerprint density at radius 3 is 2.61 bits per heavy atom. The Morgan fingerprint density at radius 1 is 1.42 bits per heavy atom. The summed E-state index contributed by atoms with van der Waals surface area (Å²) in [5.74, 6) is -1.71. The lowest BCUT2D eigenvalue weighted by Crippen LogP contribution is -2.60. The smallest absolute Gasteiger partial charge is 0.310 e. The van der Waals surface area contributed by atoms with Crippen LogP contribution in [0.2, 0.25) is 0 Å². The van der Waals surface area contributed by atoms with Gasteiger partial charge < -0.3 is 19.6 Å². The van der Waals surface area contributed by atoms with Gasteiger partial charge in [-0.1, -0.05) is 19.9 Å². The number of ether oxygens (including phenoxy) is 1. The van der Waals surface area contributed by atoms with Crippen molar-refractivity contribution in [3.8, 4) is 0 Å². The standard InChI is InChI=1S/C23H36N2O5S/c1-7-10-24(13(4)5)21(28)19-23-14(6)11-16(31-23)17(22(29)30-9-3)18(23)20(27)25(19)15(8-2)12-26/h7,13-19,26H,1,8-12H2,2-6H3/t14?,15-,16-,17+,18-,19?,23?/m0/s1. The number of aliphatic hydroxyl groups excluding tert-OH is 1. The van der Waals surface area contributed by atoms with Gasteiger partial charge in [-0.25, -0.2) is 0 Å². The van der Waals surface area contributed by atoms with Gasteiger partial charge in [-0.05, 0) is 39.5 Å². The highest BCUT2D eigenvalue weighted by molar-refractivity contribution is 8.02. The molecule has 3 rings (SSSR count). The number of hydrogen-bond donors (Lipinski definition) is 1. The molecule has 0 aromatic carbocycles. The van der Waals surface area contributed by atoms with Crippen LogP contribution in [0.3, 0.4) is 0 Å². The van der Waals surface area contributed by atoms with Gasteiger partial charge >= 0.3 is 5.97 Å². The van der Waals surface area contributed by atoms with Crippen LogP contribution < -0.4 is 0 Å². The van der Waals surface area contributed by atoms with Crippen LogP contribution in [0.4, 0.5) is 0 Å². The molecule has 2 amide bonds. The van der Waals surface area contributed by atoms with Crippen LogP contribution in [0.1, 0.15) is 47.5 Å². The fraction of sp³-hybridized carbons (Fsp3) is 0.783. The van der Waals surface area contributed by atoms with Crippen LogP contribution in [-0.2, 0) is 19.1 Å². The van der Waals surface area contributed by atoms with Crippen molar-refractivity contribution < 1.29 is 24.2 Å². The number of fused-ring (bicyclic) bond motifs is 1. The van der Waals surface area contributed by atoms with Gasteiger partial charge in [0.1, 0.15) is 6.04 Å². The Bertz CT molecular complexity index is 739. The van der Waals surface area contributed by atoms with E-state index in [0.717, 1.165) is 6.42 Å². The zero-order valence-electron chi connectivity index (χ0n) is 19.2. The Labute approximate surface area is 189 Å². The van der Waals surface area contributed by atoms with Crippen molar-refractivity contribution in [1.82, 2.24) is 9.80 Å². The zero-order chi connectivity index (χ0) is 23.1. The molecule has 7 nitrogen and oxygen atoms in total. The molecular weight excluding hydrogens is 416 g/mol. The normalized spacial score (nSPS) is 34.7. The van der Waals surface area contributed by atoms with E-state index in [-0.39, 0.29) is 48.2 Å². The molecule has 1 spiro atoms. The molecule has 3 unspecified atom stereocenters. The predicted molar refractivity (Wildman–Crippen MR) is 120 cm³/mol. The summed E-state index contributed by atoms with van der Waals surface area (Å²) in [5.41, 5.74) is 0. The molecule has 3 aliphatic heterocycles. The Hall–Kier alpha value is -1.54. The van der Waals surface area contributed by atoms with Crippen LogP contribution >= 0.6 is 11.8 Å². The van der Waals surface area contributed by atoms with Gasteiger partial charge in [0.15, 0.2) is 0 Å². The molecule has 8 heteroatoms. The number of esters is 1. The van der Waals surface area contributed by atoms with Gasteiger partial charge in [0.05, 0.1) is 35.8 Å². The monoisotopic (exact) mass is 452 g/mol. The Balaban J connectivity index is 2.14. The third kappa shape index (κ3) is 3.50. The molecule has 3 fully saturated rings. The summed E-state index contributed by atoms with van der Waals surface area (Å²) in [7, 11) is 0. The number of hydrogen-bond acceptors (Lipinski definition) is 6. The van der Waals surface area contributed by atoms with E-state index in [9.17, 15) is 19.5 Å². The van der Waals surface area contributed by atoms with E-state index in [4.69, 9.17) is 4.74 Å². The molecule has 0 aromatic rings. The highest BCUT2D eigenvalue weighted by Gasteiger charge is 2.77. The van der Waals surface area contributed by atoms with Crippen molar-refractivity contribution in [3.05, 3.63) is 12.7 Å². The molecule has 0 saturated carbocycles. The summed E-state index contributed by atoms with van der Waals surface area (Å²) in [6.07, 6.45) is 3.00. The molecule has 1 N–H and O–H groups in total. The number of carbonyl (C=O) groups excluding carboxylic acids is 3. The maximum atomic E-state index is 14.0. The van der Waals surface area contributed by atoms with Crippen molar-refractivity contribution >= 4 is 29.5 Å². The lowest BCUT2D eigenvalue weighted by molar-refractivity contribution is -0.154. The van der Waals surface area contributed by atoms with E-state index >= 15 is 0 Å². The van der Waals surface area contributed by atoms with Gasteiger partial charge in [-0.15, -0.1) is 18.3 Å². The molecule has 3 saturated heterocycles. The number of carbonyl (C=O) groups is 3. The molecule has 3 aliphatic rings. The third-order valence-electron chi connectivity index (χ3n) is 7.28. The van der Waals surface area contributed by atoms with E-state index in [0.29, 0.717) is 13.0 Å². The molecule has 2 bridgehead atoms. The number of nitrogens with zero attached hydrogens (tertiary/aromatic N) is 2. The van der Waals surface area contributed by atoms with Crippen LogP contribution in [-0.4, -0.2) is 80.6 Å². The summed E-state index contributed by atoms with van der Waals surface area (Å²) in [5, 5.41) is 10.1. The molecule has 0 radical (unpaired) electrons. The first-order valence-electron chi connectivity index (χ1n) is 11.4. The molecular formula is C23H36N2O5S. The van der Waals surface area contributed by atoms with Gasteiger partial charge in [0.25, 0.3) is 0 Å². The van der Waals surface area contributed by atoms with E-state index < -0.39 is 28.7 Å². The quantitative estimate of drug-likeness (QED) is 0.426. The third-order valence-corrected chi connectivity index (χ3v) is 9.36. The fourth-order valence-electron chi connectivity index (χ4n) is 5.90. The van der Waals surface area contributed by atoms with Crippen LogP contribution in [0, 0.1) is 17.8 Å². The molecule has 3 heterocycles. The largest absolute Gasteiger partial charge is 0.466 e. The van der Waals surface area contributed by atoms with Gasteiger partial charge in [0, 0.05) is 17.8 Å². The second kappa shape index (κ2) is 9.14. The lowest BCUT2D eigenvalue weighted by atomic mass is 9.66. The van der Waals surface area contributed by atoms with Gasteiger partial charge in [-0.3, -0.25) is 14.4 Å². The van der Waals surface area contributed by atoms with E-state index in [1.165, 1.54) is 0 Å². The SMILES string of the molecule is C=CCN(C(=O)C1N([C@@H](CC)CO)C(=O)[C@@H]2[C@H](C(=O)OCC)[C@@H]3CC(C)C12S3)C(C)C. The van der Waals surface area contributed by atoms with E-state index in [1.54, 1.807) is 34.6 Å². The van der Waals surface area contributed by atoms with Crippen molar-refractivity contribution in [2.24, 2.45) is 17.8 Å². The predicted octanol–water partition coefficient (Wildman–Crippen LogP) is 2.08. The highest BCUT2D eigenvalue weighted by Crippen LogP contribution is 2.69. The molecule has 0 aliphatic carbocycles. The molecule has 31 heavy (non-hydrogen) atoms. The number of rotatable bonds is 9. The summed E-state index contributed by atoms with van der Waals surface area (Å²) in [6.45, 7) is 13.9. The number of aliphatic hydroxyl groups is 1. The van der Waals surface area contributed by atoms with Crippen LogP contribution in [0.15, 0.2) is 12.7 Å². The highest BCUT2D eigenvalue weighted by atomic mass is 32.2. The van der Waals surface area contributed by atoms with Crippen molar-refractivity contribution in [3.63, 3.8) is 0 Å². The summed E-state index contributed by atoms with van der Waals surface area (Å²) in [6, 6.07) is -1.24. The Kier molecular flexibility index (Phi) is 7.11. The zero-order valence-corrected chi connectivity index (χ0v) is 20.1. The fourth-order valence-corrected chi connectivity index (χ4v) is 8.29. The number of likely N-dealkylation sites (tertiary alicyclic amines) is 1. The average Bonchev–Trinajstić information content (AvgIpc) is 3.31. The first-order chi connectivity index (χ1) is 14.7. The summed E-state index contributed by atoms with van der Waals surface area (Å²) >= 11 is 1.63. The Morgan fingerprint density at radius 2 is 2.10 bits per heavy atom. The summed E-state index contributed by atoms with van der Waals surface area (Å²) < 4.78 is 4.67. The van der Waals surface area contributed by atoms with Crippen LogP contribution in [0.5, 0.6) is 0 Å². The maximum absolute atomic E-state index is 14.0. The average molecular weight is 453 g/mol. The second-order valence-electron chi connectivity index (χ2n) is 9.17. The first-order valence-corrected chi connectivity index (χ1v) is 12.3.